The second-order valence-corrected chi connectivity index (χ2v) is 5.82. The molecule has 2 rings (SSSR count). The molecule has 1 aliphatic heterocycles. The summed E-state index contributed by atoms with van der Waals surface area (Å²) in [4.78, 5) is 2.81. The molecule has 3 nitrogen and oxygen atoms in total. The van der Waals surface area contributed by atoms with Gasteiger partial charge in [0.25, 0.3) is 0 Å². The molecule has 0 spiro atoms. The Morgan fingerprint density at radius 2 is 2.12 bits per heavy atom. The Labute approximate surface area is 108 Å². The molecule has 0 radical (unpaired) electrons. The van der Waals surface area contributed by atoms with E-state index < -0.39 is 0 Å². The Bertz CT molecular complexity index is 331. The van der Waals surface area contributed by atoms with E-state index in [1.165, 1.54) is 29.0 Å². The van der Waals surface area contributed by atoms with Crippen molar-refractivity contribution in [3.05, 3.63) is 21.9 Å². The maximum atomic E-state index is 5.89. The number of nitrogens with one attached hydrogen (secondary N) is 1. The van der Waals surface area contributed by atoms with Crippen LogP contribution in [0.1, 0.15) is 42.0 Å². The first-order valence-electron chi connectivity index (χ1n) is 6.63. The molecule has 1 aromatic heterocycles. The van der Waals surface area contributed by atoms with Crippen molar-refractivity contribution in [2.24, 2.45) is 5.73 Å². The van der Waals surface area contributed by atoms with Crippen LogP contribution >= 0.6 is 11.3 Å². The maximum Gasteiger partial charge on any atom is 0.0680 e. The van der Waals surface area contributed by atoms with Crippen molar-refractivity contribution >= 4 is 11.3 Å². The molecular formula is C13H23N3S. The number of nitrogens with two attached hydrogens (primary N) is 1. The average Bonchev–Trinajstić information content (AvgIpc) is 2.86. The number of nitrogens with zero attached hydrogens (tertiary/aromatic N) is 1. The van der Waals surface area contributed by atoms with Gasteiger partial charge in [-0.1, -0.05) is 13.3 Å². The minimum Gasteiger partial charge on any atom is -0.329 e. The molecule has 0 aliphatic carbocycles. The molecule has 1 saturated heterocycles. The third-order valence-electron chi connectivity index (χ3n) is 3.30. The maximum absolute atomic E-state index is 5.89. The molecule has 1 aromatic rings. The molecule has 96 valence electrons. The second-order valence-electron chi connectivity index (χ2n) is 4.62. The van der Waals surface area contributed by atoms with E-state index in [1.807, 2.05) is 11.3 Å². The summed E-state index contributed by atoms with van der Waals surface area (Å²) in [5, 5.41) is 2.34. The van der Waals surface area contributed by atoms with Gasteiger partial charge in [0.1, 0.15) is 0 Å². The zero-order chi connectivity index (χ0) is 12.1. The van der Waals surface area contributed by atoms with Crippen molar-refractivity contribution in [3.8, 4) is 0 Å². The highest BCUT2D eigenvalue weighted by molar-refractivity contribution is 7.12. The lowest BCUT2D eigenvalue weighted by molar-refractivity contribution is 0.131. The number of hydrazine groups is 1. The van der Waals surface area contributed by atoms with Gasteiger partial charge in [0.2, 0.25) is 0 Å². The van der Waals surface area contributed by atoms with Crippen molar-refractivity contribution in [2.45, 2.75) is 38.6 Å². The molecule has 17 heavy (non-hydrogen) atoms. The first-order valence-corrected chi connectivity index (χ1v) is 7.45. The normalized spacial score (nSPS) is 19.4. The van der Waals surface area contributed by atoms with Gasteiger partial charge in [-0.3, -0.25) is 0 Å². The van der Waals surface area contributed by atoms with E-state index in [0.717, 1.165) is 19.5 Å². The fraction of sp³-hybridized carbons (Fsp3) is 0.692. The Hall–Kier alpha value is -0.420. The summed E-state index contributed by atoms with van der Waals surface area (Å²) in [6.45, 7) is 5.18. The summed E-state index contributed by atoms with van der Waals surface area (Å²) >= 11 is 1.88. The lowest BCUT2D eigenvalue weighted by Crippen LogP contribution is -2.45. The fourth-order valence-electron chi connectivity index (χ4n) is 2.25. The standard InChI is InChI=1S/C13H23N3S/c1-2-11-6-7-13(17-11)12(10-14)15-16-8-4-3-5-9-16/h6-7,12,15H,2-5,8-10,14H2,1H3. The van der Waals surface area contributed by atoms with Crippen LogP contribution < -0.4 is 11.2 Å². The van der Waals surface area contributed by atoms with Crippen LogP contribution in [0.5, 0.6) is 0 Å². The second kappa shape index (κ2) is 6.50. The largest absolute Gasteiger partial charge is 0.329 e. The van der Waals surface area contributed by atoms with E-state index >= 15 is 0 Å². The smallest absolute Gasteiger partial charge is 0.0680 e. The molecule has 3 N–H and O–H groups in total. The Kier molecular flexibility index (Phi) is 4.98. The summed E-state index contributed by atoms with van der Waals surface area (Å²) in [6.07, 6.45) is 5.08. The van der Waals surface area contributed by atoms with Crippen molar-refractivity contribution in [3.63, 3.8) is 0 Å². The molecule has 1 aliphatic rings. The van der Waals surface area contributed by atoms with Gasteiger partial charge in [-0.15, -0.1) is 11.3 Å². The summed E-state index contributed by atoms with van der Waals surface area (Å²) in [5.74, 6) is 0. The van der Waals surface area contributed by atoms with E-state index in [0.29, 0.717) is 12.6 Å². The van der Waals surface area contributed by atoms with Crippen molar-refractivity contribution in [1.29, 1.82) is 0 Å². The monoisotopic (exact) mass is 253 g/mol. The lowest BCUT2D eigenvalue weighted by atomic mass is 10.1. The van der Waals surface area contributed by atoms with Crippen LogP contribution in [-0.4, -0.2) is 24.6 Å². The van der Waals surface area contributed by atoms with Crippen LogP contribution in [0.15, 0.2) is 12.1 Å². The molecule has 4 heteroatoms. The van der Waals surface area contributed by atoms with Crippen LogP contribution in [0, 0.1) is 0 Å². The third-order valence-corrected chi connectivity index (χ3v) is 4.65. The summed E-state index contributed by atoms with van der Waals surface area (Å²) in [7, 11) is 0. The molecule has 0 saturated carbocycles. The van der Waals surface area contributed by atoms with Gasteiger partial charge >= 0.3 is 0 Å². The van der Waals surface area contributed by atoms with E-state index in [-0.39, 0.29) is 0 Å². The van der Waals surface area contributed by atoms with Crippen molar-refractivity contribution in [2.75, 3.05) is 19.6 Å². The lowest BCUT2D eigenvalue weighted by Gasteiger charge is -2.30. The first-order chi connectivity index (χ1) is 8.33. The Morgan fingerprint density at radius 1 is 1.35 bits per heavy atom. The summed E-state index contributed by atoms with van der Waals surface area (Å²) < 4.78 is 0. The van der Waals surface area contributed by atoms with Gasteiger partial charge in [-0.05, 0) is 31.4 Å². The molecular weight excluding hydrogens is 230 g/mol. The van der Waals surface area contributed by atoms with Crippen LogP contribution in [0.4, 0.5) is 0 Å². The van der Waals surface area contributed by atoms with Crippen LogP contribution in [0.25, 0.3) is 0 Å². The van der Waals surface area contributed by atoms with Crippen LogP contribution in [-0.2, 0) is 6.42 Å². The quantitative estimate of drug-likeness (QED) is 0.846. The number of thiophene rings is 1. The number of aryl methyl sites for hydroxylation is 1. The minimum absolute atomic E-state index is 0.290. The molecule has 0 aromatic carbocycles. The van der Waals surface area contributed by atoms with Crippen molar-refractivity contribution in [1.82, 2.24) is 10.4 Å². The van der Waals surface area contributed by atoms with Crippen LogP contribution in [0.2, 0.25) is 0 Å². The molecule has 0 amide bonds. The number of rotatable bonds is 5. The minimum atomic E-state index is 0.290. The first kappa shape index (κ1) is 13.0. The summed E-state index contributed by atoms with van der Waals surface area (Å²) in [6, 6.07) is 4.73. The van der Waals surface area contributed by atoms with E-state index in [1.54, 1.807) is 0 Å². The number of hydrogen-bond acceptors (Lipinski definition) is 4. The highest BCUT2D eigenvalue weighted by atomic mass is 32.1. The van der Waals surface area contributed by atoms with Crippen molar-refractivity contribution < 1.29 is 0 Å². The average molecular weight is 253 g/mol. The fourth-order valence-corrected chi connectivity index (χ4v) is 3.26. The molecule has 1 atom stereocenters. The van der Waals surface area contributed by atoms with E-state index in [4.69, 9.17) is 5.73 Å². The highest BCUT2D eigenvalue weighted by Gasteiger charge is 2.17. The molecule has 0 bridgehead atoms. The van der Waals surface area contributed by atoms with Gasteiger partial charge in [-0.25, -0.2) is 10.4 Å². The predicted molar refractivity (Wildman–Crippen MR) is 74.1 cm³/mol. The Morgan fingerprint density at radius 3 is 2.71 bits per heavy atom. The third kappa shape index (κ3) is 3.52. The van der Waals surface area contributed by atoms with Gasteiger partial charge in [0.15, 0.2) is 0 Å². The zero-order valence-electron chi connectivity index (χ0n) is 10.6. The number of piperidine rings is 1. The Balaban J connectivity index is 1.95. The predicted octanol–water partition coefficient (Wildman–Crippen LogP) is 2.30. The van der Waals surface area contributed by atoms with Gasteiger partial charge in [0, 0.05) is 29.4 Å². The van der Waals surface area contributed by atoms with Gasteiger partial charge in [-0.2, -0.15) is 0 Å². The van der Waals surface area contributed by atoms with Gasteiger partial charge in [0.05, 0.1) is 6.04 Å². The number of hydrogen-bond donors (Lipinski definition) is 2. The molecule has 2 heterocycles. The molecule has 1 unspecified atom stereocenters. The zero-order valence-corrected chi connectivity index (χ0v) is 11.4. The SMILES string of the molecule is CCc1ccc(C(CN)NN2CCCCC2)s1. The van der Waals surface area contributed by atoms with E-state index in [9.17, 15) is 0 Å². The van der Waals surface area contributed by atoms with Gasteiger partial charge < -0.3 is 5.73 Å². The van der Waals surface area contributed by atoms with Crippen LogP contribution in [0.3, 0.4) is 0 Å². The van der Waals surface area contributed by atoms with E-state index in [2.05, 4.69) is 29.5 Å². The topological polar surface area (TPSA) is 41.3 Å². The molecule has 1 fully saturated rings. The highest BCUT2D eigenvalue weighted by Crippen LogP contribution is 2.24. The summed E-state index contributed by atoms with van der Waals surface area (Å²) in [5.41, 5.74) is 9.47.